The highest BCUT2D eigenvalue weighted by molar-refractivity contribution is 14.1. The van der Waals surface area contributed by atoms with Crippen LogP contribution in [0.3, 0.4) is 0 Å². The Morgan fingerprint density at radius 1 is 1.22 bits per heavy atom. The molecule has 2 aromatic rings. The van der Waals surface area contributed by atoms with Crippen molar-refractivity contribution < 1.29 is 18.7 Å². The van der Waals surface area contributed by atoms with E-state index in [1.165, 1.54) is 11.0 Å². The van der Waals surface area contributed by atoms with E-state index in [0.717, 1.165) is 27.3 Å². The van der Waals surface area contributed by atoms with Gasteiger partial charge in [0.25, 0.3) is 11.1 Å². The van der Waals surface area contributed by atoms with E-state index < -0.39 is 0 Å². The number of carbonyl (C=O) groups is 2. The molecule has 4 nitrogen and oxygen atoms in total. The zero-order valence-corrected chi connectivity index (χ0v) is 17.6. The molecule has 0 spiro atoms. The first kappa shape index (κ1) is 19.9. The summed E-state index contributed by atoms with van der Waals surface area (Å²) in [6.07, 6.45) is 2.45. The Hall–Kier alpha value is -1.87. The van der Waals surface area contributed by atoms with Crippen molar-refractivity contribution in [2.24, 2.45) is 0 Å². The molecule has 1 heterocycles. The molecule has 0 saturated carbocycles. The summed E-state index contributed by atoms with van der Waals surface area (Å²) in [7, 11) is 0. The van der Waals surface area contributed by atoms with Crippen LogP contribution in [0.1, 0.15) is 24.5 Å². The van der Waals surface area contributed by atoms with Gasteiger partial charge in [-0.3, -0.25) is 14.5 Å². The summed E-state index contributed by atoms with van der Waals surface area (Å²) < 4.78 is 20.2. The van der Waals surface area contributed by atoms with Gasteiger partial charge in [-0.15, -0.1) is 0 Å². The SMILES string of the molecule is CCCN1C(=O)S/C(=C/c2ccc(OCc3ccccc3F)c(I)c2)C1=O. The number of hydrogen-bond acceptors (Lipinski definition) is 4. The molecule has 1 aliphatic heterocycles. The average molecular weight is 497 g/mol. The van der Waals surface area contributed by atoms with E-state index in [1.807, 2.05) is 19.1 Å². The molecule has 0 unspecified atom stereocenters. The lowest BCUT2D eigenvalue weighted by Crippen LogP contribution is -2.28. The number of halogens is 2. The van der Waals surface area contributed by atoms with Gasteiger partial charge in [-0.1, -0.05) is 31.2 Å². The molecule has 1 fully saturated rings. The van der Waals surface area contributed by atoms with Gasteiger partial charge in [0, 0.05) is 12.1 Å². The standard InChI is InChI=1S/C20H17FINO3S/c1-2-9-23-19(24)18(27-20(23)25)11-13-7-8-17(16(22)10-13)26-12-14-5-3-4-6-15(14)21/h3-8,10-11H,2,9,12H2,1H3/b18-11+. The molecule has 140 valence electrons. The van der Waals surface area contributed by atoms with Crippen molar-refractivity contribution in [2.75, 3.05) is 6.54 Å². The van der Waals surface area contributed by atoms with Crippen LogP contribution in [0.25, 0.3) is 6.08 Å². The van der Waals surface area contributed by atoms with Crippen LogP contribution < -0.4 is 4.74 Å². The highest BCUT2D eigenvalue weighted by Gasteiger charge is 2.34. The molecule has 0 atom stereocenters. The minimum Gasteiger partial charge on any atom is -0.488 e. The van der Waals surface area contributed by atoms with Crippen LogP contribution in [0, 0.1) is 9.39 Å². The van der Waals surface area contributed by atoms with E-state index in [0.29, 0.717) is 22.8 Å². The third-order valence-electron chi connectivity index (χ3n) is 3.92. The fourth-order valence-electron chi connectivity index (χ4n) is 2.56. The fourth-order valence-corrected chi connectivity index (χ4v) is 4.12. The Morgan fingerprint density at radius 2 is 2.00 bits per heavy atom. The minimum atomic E-state index is -0.299. The Balaban J connectivity index is 1.72. The summed E-state index contributed by atoms with van der Waals surface area (Å²) in [5.74, 6) is 0.0868. The summed E-state index contributed by atoms with van der Waals surface area (Å²) >= 11 is 3.09. The maximum absolute atomic E-state index is 13.7. The van der Waals surface area contributed by atoms with E-state index in [-0.39, 0.29) is 23.6 Å². The van der Waals surface area contributed by atoms with Gasteiger partial charge in [0.05, 0.1) is 8.48 Å². The van der Waals surface area contributed by atoms with Crippen molar-refractivity contribution in [2.45, 2.75) is 20.0 Å². The van der Waals surface area contributed by atoms with Crippen molar-refractivity contribution in [1.29, 1.82) is 0 Å². The van der Waals surface area contributed by atoms with Gasteiger partial charge < -0.3 is 4.74 Å². The highest BCUT2D eigenvalue weighted by Crippen LogP contribution is 2.33. The number of nitrogens with zero attached hydrogens (tertiary/aromatic N) is 1. The normalized spacial score (nSPS) is 15.7. The number of carbonyl (C=O) groups excluding carboxylic acids is 2. The maximum atomic E-state index is 13.7. The monoisotopic (exact) mass is 497 g/mol. The lowest BCUT2D eigenvalue weighted by Gasteiger charge is -2.10. The van der Waals surface area contributed by atoms with Gasteiger partial charge in [0.15, 0.2) is 0 Å². The number of benzene rings is 2. The quantitative estimate of drug-likeness (QED) is 0.393. The van der Waals surface area contributed by atoms with Crippen molar-refractivity contribution in [1.82, 2.24) is 4.90 Å². The van der Waals surface area contributed by atoms with Crippen molar-refractivity contribution in [3.05, 3.63) is 67.9 Å². The van der Waals surface area contributed by atoms with Crippen molar-refractivity contribution in [3.63, 3.8) is 0 Å². The molecule has 2 aromatic carbocycles. The zero-order valence-electron chi connectivity index (χ0n) is 14.6. The average Bonchev–Trinajstić information content (AvgIpc) is 2.90. The number of rotatable bonds is 6. The number of ether oxygens (including phenoxy) is 1. The van der Waals surface area contributed by atoms with E-state index in [4.69, 9.17) is 4.74 Å². The first-order valence-corrected chi connectivity index (χ1v) is 10.3. The van der Waals surface area contributed by atoms with Crippen LogP contribution in [0.5, 0.6) is 5.75 Å². The summed E-state index contributed by atoms with van der Waals surface area (Å²) in [5.41, 5.74) is 1.29. The van der Waals surface area contributed by atoms with E-state index in [1.54, 1.807) is 30.3 Å². The molecule has 0 bridgehead atoms. The third-order valence-corrected chi connectivity index (χ3v) is 5.67. The zero-order chi connectivity index (χ0) is 19.4. The largest absolute Gasteiger partial charge is 0.488 e. The fraction of sp³-hybridized carbons (Fsp3) is 0.200. The molecule has 3 rings (SSSR count). The topological polar surface area (TPSA) is 46.6 Å². The predicted molar refractivity (Wildman–Crippen MR) is 113 cm³/mol. The molecular weight excluding hydrogens is 480 g/mol. The number of amides is 2. The second-order valence-electron chi connectivity index (χ2n) is 5.90. The van der Waals surface area contributed by atoms with Crippen LogP contribution in [-0.4, -0.2) is 22.6 Å². The molecule has 2 amide bonds. The summed E-state index contributed by atoms with van der Waals surface area (Å²) in [5, 5.41) is -0.229. The van der Waals surface area contributed by atoms with Crippen LogP contribution >= 0.6 is 34.4 Å². The first-order valence-electron chi connectivity index (χ1n) is 8.40. The molecule has 0 N–H and O–H groups in total. The Labute approximate surface area is 174 Å². The van der Waals surface area contributed by atoms with Crippen LogP contribution in [0.4, 0.5) is 9.18 Å². The van der Waals surface area contributed by atoms with E-state index >= 15 is 0 Å². The lowest BCUT2D eigenvalue weighted by atomic mass is 10.2. The molecule has 0 radical (unpaired) electrons. The number of imide groups is 1. The molecular formula is C20H17FINO3S. The van der Waals surface area contributed by atoms with Gasteiger partial charge in [-0.25, -0.2) is 4.39 Å². The second-order valence-corrected chi connectivity index (χ2v) is 8.06. The van der Waals surface area contributed by atoms with Gasteiger partial charge in [0.2, 0.25) is 0 Å². The van der Waals surface area contributed by atoms with Crippen LogP contribution in [-0.2, 0) is 11.4 Å². The summed E-state index contributed by atoms with van der Waals surface area (Å²) in [4.78, 5) is 25.9. The minimum absolute atomic E-state index is 0.137. The molecule has 1 aliphatic rings. The van der Waals surface area contributed by atoms with Crippen LogP contribution in [0.2, 0.25) is 0 Å². The van der Waals surface area contributed by atoms with Crippen molar-refractivity contribution in [3.8, 4) is 5.75 Å². The van der Waals surface area contributed by atoms with Crippen molar-refractivity contribution >= 4 is 51.6 Å². The maximum Gasteiger partial charge on any atom is 0.293 e. The Bertz CT molecular complexity index is 916. The molecule has 27 heavy (non-hydrogen) atoms. The molecule has 0 aromatic heterocycles. The first-order chi connectivity index (χ1) is 13.0. The third kappa shape index (κ3) is 4.70. The molecule has 0 aliphatic carbocycles. The Morgan fingerprint density at radius 3 is 2.70 bits per heavy atom. The van der Waals surface area contributed by atoms with Gasteiger partial charge in [-0.2, -0.15) is 0 Å². The number of thioether (sulfide) groups is 1. The van der Waals surface area contributed by atoms with Crippen LogP contribution in [0.15, 0.2) is 47.4 Å². The lowest BCUT2D eigenvalue weighted by molar-refractivity contribution is -0.122. The smallest absolute Gasteiger partial charge is 0.293 e. The van der Waals surface area contributed by atoms with Gasteiger partial charge >= 0.3 is 0 Å². The van der Waals surface area contributed by atoms with Gasteiger partial charge in [-0.05, 0) is 70.6 Å². The number of hydrogen-bond donors (Lipinski definition) is 0. The van der Waals surface area contributed by atoms with E-state index in [9.17, 15) is 14.0 Å². The highest BCUT2D eigenvalue weighted by atomic mass is 127. The Kier molecular flexibility index (Phi) is 6.54. The summed E-state index contributed by atoms with van der Waals surface area (Å²) in [6, 6.07) is 11.9. The second kappa shape index (κ2) is 8.88. The van der Waals surface area contributed by atoms with Gasteiger partial charge in [0.1, 0.15) is 18.2 Å². The predicted octanol–water partition coefficient (Wildman–Crippen LogP) is 5.46. The van der Waals surface area contributed by atoms with E-state index in [2.05, 4.69) is 22.6 Å². The summed E-state index contributed by atoms with van der Waals surface area (Å²) in [6.45, 7) is 2.50. The molecule has 1 saturated heterocycles. The molecule has 7 heteroatoms.